The molecule has 1 aliphatic heterocycles. The molecule has 7 heteroatoms. The quantitative estimate of drug-likeness (QED) is 0.658. The van der Waals surface area contributed by atoms with E-state index in [-0.39, 0.29) is 5.02 Å². The Balaban J connectivity index is 1.98. The third-order valence-corrected chi connectivity index (χ3v) is 4.38. The molecular weight excluding hydrogens is 351 g/mol. The lowest BCUT2D eigenvalue weighted by Crippen LogP contribution is -2.46. The molecule has 0 spiro atoms. The van der Waals surface area contributed by atoms with Crippen molar-refractivity contribution in [3.8, 4) is 0 Å². The fraction of sp³-hybridized carbons (Fsp3) is 0.118. The summed E-state index contributed by atoms with van der Waals surface area (Å²) in [4.78, 5) is 38.3. The van der Waals surface area contributed by atoms with Crippen LogP contribution in [-0.2, 0) is 9.59 Å². The van der Waals surface area contributed by atoms with Gasteiger partial charge in [-0.05, 0) is 29.8 Å². The Labute approximate surface area is 148 Å². The van der Waals surface area contributed by atoms with Gasteiger partial charge in [0, 0.05) is 17.6 Å². The maximum atomic E-state index is 12.7. The van der Waals surface area contributed by atoms with Crippen LogP contribution in [0.15, 0.2) is 42.5 Å². The second-order valence-corrected chi connectivity index (χ2v) is 6.18. The first kappa shape index (κ1) is 16.5. The number of likely N-dealkylation sites (N-methyl/N-ethyl adjacent to an activating group) is 1. The van der Waals surface area contributed by atoms with Gasteiger partial charge in [0.1, 0.15) is 5.92 Å². The molecule has 5 nitrogen and oxygen atoms in total. The van der Waals surface area contributed by atoms with Crippen molar-refractivity contribution in [2.75, 3.05) is 12.4 Å². The number of hydrogen-bond acceptors (Lipinski definition) is 3. The van der Waals surface area contributed by atoms with E-state index < -0.39 is 23.6 Å². The van der Waals surface area contributed by atoms with Crippen LogP contribution >= 0.6 is 23.2 Å². The molecule has 0 aromatic heterocycles. The van der Waals surface area contributed by atoms with Crippen LogP contribution in [0, 0.1) is 0 Å². The van der Waals surface area contributed by atoms with Crippen LogP contribution in [0.2, 0.25) is 10.0 Å². The average molecular weight is 363 g/mol. The summed E-state index contributed by atoms with van der Waals surface area (Å²) in [5.74, 6) is -2.68. The molecule has 24 heavy (non-hydrogen) atoms. The van der Waals surface area contributed by atoms with E-state index in [0.717, 1.165) is 4.90 Å². The number of fused-ring (bicyclic) bond motifs is 1. The Morgan fingerprint density at radius 3 is 2.54 bits per heavy atom. The fourth-order valence-corrected chi connectivity index (χ4v) is 3.06. The molecule has 1 atom stereocenters. The molecular formula is C17H12Cl2N2O3. The molecule has 0 aliphatic carbocycles. The van der Waals surface area contributed by atoms with Gasteiger partial charge in [0.25, 0.3) is 5.91 Å². The van der Waals surface area contributed by atoms with Gasteiger partial charge in [-0.15, -0.1) is 0 Å². The molecule has 1 aliphatic rings. The summed E-state index contributed by atoms with van der Waals surface area (Å²) >= 11 is 11.9. The van der Waals surface area contributed by atoms with Crippen molar-refractivity contribution < 1.29 is 14.4 Å². The number of imide groups is 1. The van der Waals surface area contributed by atoms with E-state index >= 15 is 0 Å². The Hall–Kier alpha value is -2.37. The summed E-state index contributed by atoms with van der Waals surface area (Å²) in [5, 5.41) is 3.32. The van der Waals surface area contributed by atoms with E-state index in [0.29, 0.717) is 21.8 Å². The highest BCUT2D eigenvalue weighted by Crippen LogP contribution is 2.31. The Morgan fingerprint density at radius 2 is 1.83 bits per heavy atom. The van der Waals surface area contributed by atoms with Gasteiger partial charge < -0.3 is 5.32 Å². The topological polar surface area (TPSA) is 66.5 Å². The number of rotatable bonds is 2. The van der Waals surface area contributed by atoms with Crippen LogP contribution in [-0.4, -0.2) is 29.7 Å². The van der Waals surface area contributed by atoms with Gasteiger partial charge in [-0.25, -0.2) is 0 Å². The molecule has 1 heterocycles. The first-order valence-electron chi connectivity index (χ1n) is 7.07. The summed E-state index contributed by atoms with van der Waals surface area (Å²) in [6.07, 6.45) is 0. The molecule has 0 radical (unpaired) electrons. The van der Waals surface area contributed by atoms with Crippen LogP contribution < -0.4 is 5.32 Å². The van der Waals surface area contributed by atoms with Crippen molar-refractivity contribution in [3.63, 3.8) is 0 Å². The molecule has 0 unspecified atom stereocenters. The second-order valence-electron chi connectivity index (χ2n) is 5.34. The van der Waals surface area contributed by atoms with E-state index in [1.807, 2.05) is 0 Å². The zero-order valence-electron chi connectivity index (χ0n) is 12.5. The molecule has 122 valence electrons. The van der Waals surface area contributed by atoms with E-state index in [9.17, 15) is 14.4 Å². The van der Waals surface area contributed by atoms with E-state index in [1.54, 1.807) is 36.4 Å². The molecule has 0 saturated carbocycles. The predicted octanol–water partition coefficient (Wildman–Crippen LogP) is 3.33. The van der Waals surface area contributed by atoms with Crippen molar-refractivity contribution in [1.29, 1.82) is 0 Å². The van der Waals surface area contributed by atoms with Gasteiger partial charge in [0.15, 0.2) is 0 Å². The van der Waals surface area contributed by atoms with E-state index in [2.05, 4.69) is 5.32 Å². The number of anilines is 1. The van der Waals surface area contributed by atoms with Crippen molar-refractivity contribution in [3.05, 3.63) is 63.6 Å². The Kier molecular flexibility index (Phi) is 4.30. The van der Waals surface area contributed by atoms with Gasteiger partial charge in [-0.3, -0.25) is 19.3 Å². The van der Waals surface area contributed by atoms with Crippen LogP contribution in [0.5, 0.6) is 0 Å². The standard InChI is InChI=1S/C17H12Cl2N2O3/c1-21-16(23)11-5-3-2-4-10(11)14(17(21)24)15(22)20-13-7-6-9(18)8-12(13)19/h2-8,14H,1H3,(H,20,22)/t14-/m0/s1. The van der Waals surface area contributed by atoms with Crippen molar-refractivity contribution in [2.24, 2.45) is 0 Å². The smallest absolute Gasteiger partial charge is 0.260 e. The number of carbonyl (C=O) groups is 3. The van der Waals surface area contributed by atoms with Crippen LogP contribution in [0.4, 0.5) is 5.69 Å². The molecule has 2 aromatic carbocycles. The minimum Gasteiger partial charge on any atom is -0.324 e. The maximum Gasteiger partial charge on any atom is 0.260 e. The summed E-state index contributed by atoms with van der Waals surface area (Å²) in [6, 6.07) is 11.2. The molecule has 0 bridgehead atoms. The number of benzene rings is 2. The number of amides is 3. The van der Waals surface area contributed by atoms with E-state index in [4.69, 9.17) is 23.2 Å². The molecule has 0 fully saturated rings. The number of hydrogen-bond donors (Lipinski definition) is 1. The molecule has 3 rings (SSSR count). The lowest BCUT2D eigenvalue weighted by molar-refractivity contribution is -0.134. The first-order chi connectivity index (χ1) is 11.4. The zero-order chi connectivity index (χ0) is 17.4. The molecule has 2 aromatic rings. The van der Waals surface area contributed by atoms with Gasteiger partial charge in [-0.1, -0.05) is 41.4 Å². The third kappa shape index (κ3) is 2.77. The highest BCUT2D eigenvalue weighted by molar-refractivity contribution is 6.37. The normalized spacial score (nSPS) is 16.8. The molecule has 3 amide bonds. The lowest BCUT2D eigenvalue weighted by Gasteiger charge is -2.29. The van der Waals surface area contributed by atoms with Gasteiger partial charge >= 0.3 is 0 Å². The Morgan fingerprint density at radius 1 is 1.12 bits per heavy atom. The maximum absolute atomic E-state index is 12.7. The number of halogens is 2. The lowest BCUT2D eigenvalue weighted by atomic mass is 9.88. The highest BCUT2D eigenvalue weighted by Gasteiger charge is 2.40. The summed E-state index contributed by atoms with van der Waals surface area (Å²) in [7, 11) is 1.36. The largest absolute Gasteiger partial charge is 0.324 e. The van der Waals surface area contributed by atoms with Gasteiger partial charge in [0.05, 0.1) is 10.7 Å². The van der Waals surface area contributed by atoms with Crippen LogP contribution in [0.3, 0.4) is 0 Å². The van der Waals surface area contributed by atoms with Crippen LogP contribution in [0.1, 0.15) is 21.8 Å². The second kappa shape index (κ2) is 6.26. The predicted molar refractivity (Wildman–Crippen MR) is 91.4 cm³/mol. The van der Waals surface area contributed by atoms with Gasteiger partial charge in [0.2, 0.25) is 11.8 Å². The summed E-state index contributed by atoms with van der Waals surface area (Å²) in [5.41, 5.74) is 1.06. The highest BCUT2D eigenvalue weighted by atomic mass is 35.5. The van der Waals surface area contributed by atoms with E-state index in [1.165, 1.54) is 13.1 Å². The van der Waals surface area contributed by atoms with Crippen LogP contribution in [0.25, 0.3) is 0 Å². The SMILES string of the molecule is CN1C(=O)c2ccccc2[C@@H](C(=O)Nc2ccc(Cl)cc2Cl)C1=O. The first-order valence-corrected chi connectivity index (χ1v) is 7.82. The number of nitrogens with one attached hydrogen (secondary N) is 1. The minimum atomic E-state index is -1.12. The average Bonchev–Trinajstić information content (AvgIpc) is 2.55. The van der Waals surface area contributed by atoms with Gasteiger partial charge in [-0.2, -0.15) is 0 Å². The molecule has 1 N–H and O–H groups in total. The minimum absolute atomic E-state index is 0.261. The van der Waals surface area contributed by atoms with Crippen molar-refractivity contribution in [2.45, 2.75) is 5.92 Å². The number of nitrogens with zero attached hydrogens (tertiary/aromatic N) is 1. The summed E-state index contributed by atoms with van der Waals surface area (Å²) in [6.45, 7) is 0. The van der Waals surface area contributed by atoms with Crippen molar-refractivity contribution >= 4 is 46.6 Å². The third-order valence-electron chi connectivity index (χ3n) is 3.84. The molecule has 0 saturated heterocycles. The zero-order valence-corrected chi connectivity index (χ0v) is 14.1. The monoisotopic (exact) mass is 362 g/mol. The Bertz CT molecular complexity index is 867. The van der Waals surface area contributed by atoms with Crippen molar-refractivity contribution in [1.82, 2.24) is 4.90 Å². The fourth-order valence-electron chi connectivity index (χ4n) is 2.60. The summed E-state index contributed by atoms with van der Waals surface area (Å²) < 4.78 is 0. The number of carbonyl (C=O) groups excluding carboxylic acids is 3.